The van der Waals surface area contributed by atoms with Gasteiger partial charge >= 0.3 is 5.97 Å². The number of ether oxygens (including phenoxy) is 1. The smallest absolute Gasteiger partial charge is 0.338 e. The van der Waals surface area contributed by atoms with E-state index >= 15 is 0 Å². The minimum atomic E-state index is -0.262. The Morgan fingerprint density at radius 3 is 2.64 bits per heavy atom. The molecule has 0 fully saturated rings. The lowest BCUT2D eigenvalue weighted by molar-refractivity contribution is 0.0535. The number of fused-ring (bicyclic) bond motifs is 2. The number of hydrogen-bond acceptors (Lipinski definition) is 3. The minimum Gasteiger partial charge on any atom is -0.457 e. The van der Waals surface area contributed by atoms with Gasteiger partial charge in [-0.05, 0) is 24.1 Å². The zero-order chi connectivity index (χ0) is 9.71. The second-order valence-electron chi connectivity index (χ2n) is 3.67. The van der Waals surface area contributed by atoms with Crippen molar-refractivity contribution in [1.82, 2.24) is 0 Å². The van der Waals surface area contributed by atoms with E-state index in [0.717, 1.165) is 23.1 Å². The zero-order valence-corrected chi connectivity index (χ0v) is 7.50. The normalized spacial score (nSPS) is 18.0. The molecule has 0 amide bonds. The van der Waals surface area contributed by atoms with Crippen molar-refractivity contribution < 1.29 is 14.3 Å². The van der Waals surface area contributed by atoms with E-state index in [1.54, 1.807) is 0 Å². The Balaban J connectivity index is 2.24. The second kappa shape index (κ2) is 2.44. The Bertz CT molecular complexity index is 416. The highest BCUT2D eigenvalue weighted by Gasteiger charge is 2.27. The molecule has 1 aromatic carbocycles. The molecule has 0 aromatic heterocycles. The van der Waals surface area contributed by atoms with Crippen LogP contribution in [0.3, 0.4) is 0 Å². The standard InChI is InChI=1S/C11H8O3/c12-10-2-1-6-3-9-7(4-8(6)10)5-14-11(9)13/h3-4H,1-2,5H2. The summed E-state index contributed by atoms with van der Waals surface area (Å²) in [4.78, 5) is 22.7. The fourth-order valence-electron chi connectivity index (χ4n) is 2.07. The van der Waals surface area contributed by atoms with E-state index in [1.165, 1.54) is 0 Å². The summed E-state index contributed by atoms with van der Waals surface area (Å²) in [5.41, 5.74) is 3.26. The number of esters is 1. The first-order valence-corrected chi connectivity index (χ1v) is 4.62. The van der Waals surface area contributed by atoms with E-state index in [2.05, 4.69) is 0 Å². The van der Waals surface area contributed by atoms with Crippen LogP contribution in [0.1, 0.15) is 38.3 Å². The fraction of sp³-hybridized carbons (Fsp3) is 0.273. The highest BCUT2D eigenvalue weighted by Crippen LogP contribution is 2.29. The zero-order valence-electron chi connectivity index (χ0n) is 7.50. The Kier molecular flexibility index (Phi) is 1.35. The first kappa shape index (κ1) is 7.74. The number of carbonyl (C=O) groups excluding carboxylic acids is 2. The van der Waals surface area contributed by atoms with Gasteiger partial charge in [-0.25, -0.2) is 4.79 Å². The quantitative estimate of drug-likeness (QED) is 0.579. The van der Waals surface area contributed by atoms with Crippen LogP contribution in [-0.4, -0.2) is 11.8 Å². The molecule has 3 heteroatoms. The molecule has 70 valence electrons. The maximum Gasteiger partial charge on any atom is 0.338 e. The third-order valence-corrected chi connectivity index (χ3v) is 2.83. The maximum absolute atomic E-state index is 11.4. The largest absolute Gasteiger partial charge is 0.457 e. The number of carbonyl (C=O) groups is 2. The average molecular weight is 188 g/mol. The molecule has 3 rings (SSSR count). The molecule has 0 saturated heterocycles. The van der Waals surface area contributed by atoms with Crippen LogP contribution in [0.15, 0.2) is 12.1 Å². The summed E-state index contributed by atoms with van der Waals surface area (Å²) in [5, 5.41) is 0. The van der Waals surface area contributed by atoms with Crippen molar-refractivity contribution in [3.05, 3.63) is 34.4 Å². The second-order valence-corrected chi connectivity index (χ2v) is 3.67. The minimum absolute atomic E-state index is 0.183. The van der Waals surface area contributed by atoms with E-state index in [9.17, 15) is 9.59 Å². The fourth-order valence-corrected chi connectivity index (χ4v) is 2.07. The van der Waals surface area contributed by atoms with Gasteiger partial charge in [0, 0.05) is 17.5 Å². The Hall–Kier alpha value is -1.64. The van der Waals surface area contributed by atoms with Gasteiger partial charge in [0.2, 0.25) is 0 Å². The summed E-state index contributed by atoms with van der Waals surface area (Å²) < 4.78 is 4.89. The highest BCUT2D eigenvalue weighted by atomic mass is 16.5. The summed E-state index contributed by atoms with van der Waals surface area (Å²) >= 11 is 0. The Labute approximate surface area is 80.7 Å². The molecule has 0 atom stereocenters. The van der Waals surface area contributed by atoms with Crippen LogP contribution in [0.4, 0.5) is 0 Å². The van der Waals surface area contributed by atoms with Crippen molar-refractivity contribution >= 4 is 11.8 Å². The highest BCUT2D eigenvalue weighted by molar-refractivity contribution is 6.03. The van der Waals surface area contributed by atoms with E-state index in [0.29, 0.717) is 18.6 Å². The monoisotopic (exact) mass is 188 g/mol. The number of Topliss-reactive ketones (excluding diaryl/α,β-unsaturated/α-hetero) is 1. The third-order valence-electron chi connectivity index (χ3n) is 2.83. The number of rotatable bonds is 0. The van der Waals surface area contributed by atoms with Crippen molar-refractivity contribution in [2.75, 3.05) is 0 Å². The molecule has 1 aromatic rings. The van der Waals surface area contributed by atoms with Crippen LogP contribution >= 0.6 is 0 Å². The van der Waals surface area contributed by atoms with Gasteiger partial charge in [0.15, 0.2) is 5.78 Å². The molecule has 0 N–H and O–H groups in total. The van der Waals surface area contributed by atoms with Crippen LogP contribution in [0.25, 0.3) is 0 Å². The first-order chi connectivity index (χ1) is 6.75. The predicted molar refractivity (Wildman–Crippen MR) is 48.2 cm³/mol. The molecule has 0 unspecified atom stereocenters. The molecule has 14 heavy (non-hydrogen) atoms. The number of benzene rings is 1. The number of aryl methyl sites for hydroxylation is 1. The van der Waals surface area contributed by atoms with Gasteiger partial charge in [0.05, 0.1) is 5.56 Å². The molecule has 3 nitrogen and oxygen atoms in total. The molecular formula is C11H8O3. The Morgan fingerprint density at radius 2 is 1.79 bits per heavy atom. The van der Waals surface area contributed by atoms with Crippen molar-refractivity contribution in [2.45, 2.75) is 19.4 Å². The summed E-state index contributed by atoms with van der Waals surface area (Å²) in [6.45, 7) is 0.314. The van der Waals surface area contributed by atoms with Crippen LogP contribution in [0.5, 0.6) is 0 Å². The van der Waals surface area contributed by atoms with Gasteiger partial charge in [-0.15, -0.1) is 0 Å². The Morgan fingerprint density at radius 1 is 1.00 bits per heavy atom. The molecule has 2 aliphatic rings. The number of ketones is 1. The molecular weight excluding hydrogens is 180 g/mol. The lowest BCUT2D eigenvalue weighted by Gasteiger charge is -1.99. The molecule has 1 aliphatic heterocycles. The van der Waals surface area contributed by atoms with E-state index in [-0.39, 0.29) is 11.8 Å². The van der Waals surface area contributed by atoms with Crippen molar-refractivity contribution in [2.24, 2.45) is 0 Å². The lowest BCUT2D eigenvalue weighted by atomic mass is 10.0. The van der Waals surface area contributed by atoms with Crippen molar-refractivity contribution in [3.63, 3.8) is 0 Å². The molecule has 0 spiro atoms. The van der Waals surface area contributed by atoms with Crippen LogP contribution in [0, 0.1) is 0 Å². The van der Waals surface area contributed by atoms with Gasteiger partial charge in [0.25, 0.3) is 0 Å². The van der Waals surface area contributed by atoms with Crippen molar-refractivity contribution in [1.29, 1.82) is 0 Å². The van der Waals surface area contributed by atoms with E-state index < -0.39 is 0 Å². The number of hydrogen-bond donors (Lipinski definition) is 0. The van der Waals surface area contributed by atoms with Gasteiger partial charge < -0.3 is 4.74 Å². The van der Waals surface area contributed by atoms with Gasteiger partial charge in [-0.2, -0.15) is 0 Å². The van der Waals surface area contributed by atoms with E-state index in [1.807, 2.05) is 12.1 Å². The lowest BCUT2D eigenvalue weighted by Crippen LogP contribution is -1.97. The molecule has 0 bridgehead atoms. The van der Waals surface area contributed by atoms with Gasteiger partial charge in [0.1, 0.15) is 6.61 Å². The third kappa shape index (κ3) is 0.867. The maximum atomic E-state index is 11.4. The predicted octanol–water partition coefficient (Wildman–Crippen LogP) is 1.49. The summed E-state index contributed by atoms with van der Waals surface area (Å²) in [5.74, 6) is -0.0794. The molecule has 0 radical (unpaired) electrons. The molecule has 0 saturated carbocycles. The number of cyclic esters (lactones) is 1. The van der Waals surface area contributed by atoms with Gasteiger partial charge in [-0.3, -0.25) is 4.79 Å². The van der Waals surface area contributed by atoms with Crippen LogP contribution < -0.4 is 0 Å². The van der Waals surface area contributed by atoms with E-state index in [4.69, 9.17) is 4.74 Å². The average Bonchev–Trinajstić information content (AvgIpc) is 2.71. The summed E-state index contributed by atoms with van der Waals surface area (Å²) in [7, 11) is 0. The van der Waals surface area contributed by atoms with Gasteiger partial charge in [-0.1, -0.05) is 0 Å². The topological polar surface area (TPSA) is 43.4 Å². The van der Waals surface area contributed by atoms with Crippen LogP contribution in [-0.2, 0) is 17.8 Å². The molecule has 1 aliphatic carbocycles. The SMILES string of the molecule is O=C1CCc2cc3c(cc21)COC3=O. The van der Waals surface area contributed by atoms with Crippen LogP contribution in [0.2, 0.25) is 0 Å². The summed E-state index contributed by atoms with van der Waals surface area (Å²) in [6.07, 6.45) is 1.34. The molecule has 1 heterocycles. The van der Waals surface area contributed by atoms with Crippen molar-refractivity contribution in [3.8, 4) is 0 Å². The summed E-state index contributed by atoms with van der Waals surface area (Å²) in [6, 6.07) is 3.62. The first-order valence-electron chi connectivity index (χ1n) is 4.62.